The predicted octanol–water partition coefficient (Wildman–Crippen LogP) is 4.60. The number of benzene rings is 1. The van der Waals surface area contributed by atoms with E-state index >= 15 is 0 Å². The molecule has 0 spiro atoms. The summed E-state index contributed by atoms with van der Waals surface area (Å²) < 4.78 is 19.5. The van der Waals surface area contributed by atoms with Gasteiger partial charge in [-0.2, -0.15) is 0 Å². The van der Waals surface area contributed by atoms with Crippen molar-refractivity contribution in [2.75, 3.05) is 7.11 Å². The van der Waals surface area contributed by atoms with Gasteiger partial charge in [0.05, 0.1) is 7.11 Å². The number of nitrogens with one attached hydrogen (secondary N) is 1. The second kappa shape index (κ2) is 7.20. The Morgan fingerprint density at radius 2 is 2.12 bits per heavy atom. The van der Waals surface area contributed by atoms with Crippen LogP contribution in [0.15, 0.2) is 41.3 Å². The smallest absolute Gasteiger partial charge is 0.247 e. The van der Waals surface area contributed by atoms with Gasteiger partial charge in [-0.15, -0.1) is 0 Å². The molecule has 1 aliphatic rings. The zero-order chi connectivity index (χ0) is 17.1. The van der Waals surface area contributed by atoms with Crippen LogP contribution in [0, 0.1) is 11.7 Å². The normalized spacial score (nSPS) is 21.6. The van der Waals surface area contributed by atoms with Gasteiger partial charge in [-0.05, 0) is 60.6 Å². The zero-order valence-corrected chi connectivity index (χ0v) is 14.2. The van der Waals surface area contributed by atoms with Crippen molar-refractivity contribution in [2.45, 2.75) is 44.4 Å². The van der Waals surface area contributed by atoms with Gasteiger partial charge < -0.3 is 9.72 Å². The van der Waals surface area contributed by atoms with Crippen LogP contribution in [0.3, 0.4) is 0 Å². The highest BCUT2D eigenvalue weighted by atomic mass is 19.1. The quantitative estimate of drug-likeness (QED) is 0.871. The summed E-state index contributed by atoms with van der Waals surface area (Å²) in [5.41, 5.74) is 1.88. The Balaban J connectivity index is 1.65. The Morgan fingerprint density at radius 1 is 1.29 bits per heavy atom. The lowest BCUT2D eigenvalue weighted by molar-refractivity contribution is 0.378. The van der Waals surface area contributed by atoms with E-state index in [1.165, 1.54) is 12.7 Å². The first kappa shape index (κ1) is 16.7. The maximum atomic E-state index is 14.4. The number of halogens is 1. The average Bonchev–Trinajstić information content (AvgIpc) is 3.04. The van der Waals surface area contributed by atoms with Crippen molar-refractivity contribution in [3.05, 3.63) is 63.8 Å². The molecule has 1 heterocycles. The number of rotatable bonds is 5. The molecule has 1 N–H and O–H groups in total. The van der Waals surface area contributed by atoms with E-state index in [1.807, 2.05) is 24.4 Å². The molecular formula is C20H24FNO2. The van der Waals surface area contributed by atoms with Crippen molar-refractivity contribution >= 4 is 0 Å². The molecule has 1 aliphatic carbocycles. The molecule has 3 nitrogen and oxygen atoms in total. The van der Waals surface area contributed by atoms with Crippen molar-refractivity contribution < 1.29 is 9.13 Å². The molecule has 0 amide bonds. The van der Waals surface area contributed by atoms with Gasteiger partial charge in [0, 0.05) is 12.3 Å². The molecular weight excluding hydrogens is 305 g/mol. The van der Waals surface area contributed by atoms with Crippen molar-refractivity contribution in [1.82, 2.24) is 4.98 Å². The van der Waals surface area contributed by atoms with E-state index in [4.69, 9.17) is 4.74 Å². The minimum absolute atomic E-state index is 0.0598. The summed E-state index contributed by atoms with van der Waals surface area (Å²) in [6, 6.07) is 8.89. The Labute approximate surface area is 141 Å². The molecule has 2 aromatic rings. The highest BCUT2D eigenvalue weighted by molar-refractivity contribution is 5.33. The number of methoxy groups -OCH3 is 1. The van der Waals surface area contributed by atoms with Crippen LogP contribution >= 0.6 is 0 Å². The number of pyridine rings is 1. The summed E-state index contributed by atoms with van der Waals surface area (Å²) >= 11 is 0. The van der Waals surface area contributed by atoms with Crippen LogP contribution in [0.4, 0.5) is 4.39 Å². The van der Waals surface area contributed by atoms with Gasteiger partial charge in [-0.25, -0.2) is 4.39 Å². The van der Waals surface area contributed by atoms with Crippen LogP contribution in [0.25, 0.3) is 0 Å². The lowest BCUT2D eigenvalue weighted by Gasteiger charge is -2.19. The summed E-state index contributed by atoms with van der Waals surface area (Å²) in [4.78, 5) is 13.9. The van der Waals surface area contributed by atoms with E-state index < -0.39 is 0 Å². The number of H-pyrrole nitrogens is 1. The van der Waals surface area contributed by atoms with E-state index in [2.05, 4.69) is 11.9 Å². The third kappa shape index (κ3) is 3.53. The lowest BCUT2D eigenvalue weighted by Crippen LogP contribution is -2.07. The molecule has 0 radical (unpaired) electrons. The van der Waals surface area contributed by atoms with Crippen LogP contribution in [-0.2, 0) is 0 Å². The van der Waals surface area contributed by atoms with Crippen LogP contribution < -0.4 is 10.3 Å². The number of hydrogen-bond donors (Lipinski definition) is 1. The molecule has 1 aromatic heterocycles. The molecule has 0 aliphatic heterocycles. The molecule has 1 saturated carbocycles. The van der Waals surface area contributed by atoms with E-state index in [0.29, 0.717) is 17.6 Å². The Kier molecular flexibility index (Phi) is 5.03. The van der Waals surface area contributed by atoms with Crippen LogP contribution in [0.5, 0.6) is 5.75 Å². The van der Waals surface area contributed by atoms with Crippen LogP contribution in [-0.4, -0.2) is 12.1 Å². The summed E-state index contributed by atoms with van der Waals surface area (Å²) in [6.07, 6.45) is 6.19. The summed E-state index contributed by atoms with van der Waals surface area (Å²) in [6.45, 7) is 2.09. The molecule has 1 fully saturated rings. The molecule has 128 valence electrons. The standard InChI is InChI=1S/C20H24FNO2/c1-13(17-4-3-5-18(24-2)20(17)21)10-14-6-7-15(11-14)16-8-9-19(23)22-12-16/h3-5,8-9,12-15H,6-7,10-11H2,1-2H3,(H,22,23)/t13-,14?,15-/m0/s1. The van der Waals surface area contributed by atoms with Crippen LogP contribution in [0.1, 0.15) is 55.6 Å². The van der Waals surface area contributed by atoms with Gasteiger partial charge in [0.15, 0.2) is 11.6 Å². The molecule has 1 aromatic carbocycles. The molecule has 24 heavy (non-hydrogen) atoms. The maximum Gasteiger partial charge on any atom is 0.247 e. The minimum atomic E-state index is -0.234. The van der Waals surface area contributed by atoms with E-state index in [0.717, 1.165) is 31.2 Å². The molecule has 1 unspecified atom stereocenters. The predicted molar refractivity (Wildman–Crippen MR) is 93.1 cm³/mol. The third-order valence-corrected chi connectivity index (χ3v) is 5.25. The Bertz CT molecular complexity index is 735. The summed E-state index contributed by atoms with van der Waals surface area (Å²) in [5, 5.41) is 0. The van der Waals surface area contributed by atoms with Gasteiger partial charge in [0.1, 0.15) is 0 Å². The van der Waals surface area contributed by atoms with E-state index in [-0.39, 0.29) is 17.3 Å². The molecule has 3 rings (SSSR count). The maximum absolute atomic E-state index is 14.4. The van der Waals surface area contributed by atoms with Crippen molar-refractivity contribution in [3.8, 4) is 5.75 Å². The Hall–Kier alpha value is -2.10. The first-order chi connectivity index (χ1) is 11.6. The second-order valence-corrected chi connectivity index (χ2v) is 6.86. The largest absolute Gasteiger partial charge is 0.494 e. The highest BCUT2D eigenvalue weighted by Crippen LogP contribution is 2.42. The number of aromatic amines is 1. The van der Waals surface area contributed by atoms with Gasteiger partial charge in [-0.1, -0.05) is 25.1 Å². The highest BCUT2D eigenvalue weighted by Gasteiger charge is 2.28. The fourth-order valence-corrected chi connectivity index (χ4v) is 3.96. The number of ether oxygens (including phenoxy) is 1. The Morgan fingerprint density at radius 3 is 2.83 bits per heavy atom. The topological polar surface area (TPSA) is 42.1 Å². The molecule has 0 saturated heterocycles. The first-order valence-corrected chi connectivity index (χ1v) is 8.59. The molecule has 3 atom stereocenters. The van der Waals surface area contributed by atoms with E-state index in [1.54, 1.807) is 12.1 Å². The third-order valence-electron chi connectivity index (χ3n) is 5.25. The van der Waals surface area contributed by atoms with Crippen LogP contribution in [0.2, 0.25) is 0 Å². The zero-order valence-electron chi connectivity index (χ0n) is 14.2. The minimum Gasteiger partial charge on any atom is -0.494 e. The van der Waals surface area contributed by atoms with E-state index in [9.17, 15) is 9.18 Å². The van der Waals surface area contributed by atoms with Crippen molar-refractivity contribution in [3.63, 3.8) is 0 Å². The molecule has 0 bridgehead atoms. The summed E-state index contributed by atoms with van der Waals surface area (Å²) in [5.74, 6) is 1.33. The van der Waals surface area contributed by atoms with Gasteiger partial charge >= 0.3 is 0 Å². The van der Waals surface area contributed by atoms with Crippen molar-refractivity contribution in [2.24, 2.45) is 5.92 Å². The van der Waals surface area contributed by atoms with Gasteiger partial charge in [0.25, 0.3) is 0 Å². The van der Waals surface area contributed by atoms with Gasteiger partial charge in [-0.3, -0.25) is 4.79 Å². The molecule has 4 heteroatoms. The van der Waals surface area contributed by atoms with Gasteiger partial charge in [0.2, 0.25) is 5.56 Å². The average molecular weight is 329 g/mol. The summed E-state index contributed by atoms with van der Waals surface area (Å²) in [7, 11) is 1.50. The SMILES string of the molecule is COc1cccc([C@@H](C)CC2CC[C@H](c3ccc(=O)[nH]c3)C2)c1F. The lowest BCUT2D eigenvalue weighted by atomic mass is 9.88. The fraction of sp³-hybridized carbons (Fsp3) is 0.450. The second-order valence-electron chi connectivity index (χ2n) is 6.86. The number of hydrogen-bond acceptors (Lipinski definition) is 2. The number of aromatic nitrogens is 1. The van der Waals surface area contributed by atoms with Crippen molar-refractivity contribution in [1.29, 1.82) is 0 Å². The first-order valence-electron chi connectivity index (χ1n) is 8.59. The fourth-order valence-electron chi connectivity index (χ4n) is 3.96. The monoisotopic (exact) mass is 329 g/mol.